The van der Waals surface area contributed by atoms with Crippen LogP contribution in [0.2, 0.25) is 0 Å². The number of nitrogens with zero attached hydrogens (tertiary/aromatic N) is 1. The second-order valence-electron chi connectivity index (χ2n) is 5.63. The van der Waals surface area contributed by atoms with Crippen molar-refractivity contribution in [2.24, 2.45) is 0 Å². The first kappa shape index (κ1) is 16.6. The lowest BCUT2D eigenvalue weighted by Gasteiger charge is -2.18. The van der Waals surface area contributed by atoms with Crippen LogP contribution in [-0.2, 0) is 4.57 Å². The van der Waals surface area contributed by atoms with Crippen LogP contribution in [0.5, 0.6) is 0 Å². The van der Waals surface area contributed by atoms with E-state index in [0.717, 1.165) is 20.5 Å². The largest absolute Gasteiger partial charge is 0.313 e. The van der Waals surface area contributed by atoms with Crippen LogP contribution < -0.4 is 10.6 Å². The van der Waals surface area contributed by atoms with Gasteiger partial charge in [-0.3, -0.25) is 0 Å². The standard InChI is InChI=1S/C20H16NOPS2/c22-23(16-9-3-1-4-10-16,17-11-5-2-6-12-17)15-24-20-21-18-13-7-8-14-19(18)25-20/h1-14H,15H2. The van der Waals surface area contributed by atoms with E-state index in [2.05, 4.69) is 11.1 Å². The topological polar surface area (TPSA) is 30.0 Å². The average molecular weight is 381 g/mol. The molecule has 1 heterocycles. The predicted molar refractivity (Wildman–Crippen MR) is 110 cm³/mol. The van der Waals surface area contributed by atoms with Crippen LogP contribution in [0.25, 0.3) is 10.2 Å². The second-order valence-corrected chi connectivity index (χ2v) is 11.1. The molecule has 0 aliphatic heterocycles. The molecule has 0 N–H and O–H groups in total. The lowest BCUT2D eigenvalue weighted by atomic mass is 10.3. The fourth-order valence-electron chi connectivity index (χ4n) is 2.69. The number of thiazole rings is 1. The van der Waals surface area contributed by atoms with Gasteiger partial charge in [-0.1, -0.05) is 84.6 Å². The normalized spacial score (nSPS) is 11.7. The summed E-state index contributed by atoms with van der Waals surface area (Å²) in [4.78, 5) is 4.66. The van der Waals surface area contributed by atoms with Gasteiger partial charge in [-0.05, 0) is 12.1 Å². The highest BCUT2D eigenvalue weighted by molar-refractivity contribution is 8.09. The maximum Gasteiger partial charge on any atom is 0.153 e. The van der Waals surface area contributed by atoms with Crippen molar-refractivity contribution in [3.05, 3.63) is 84.9 Å². The van der Waals surface area contributed by atoms with E-state index in [-0.39, 0.29) is 0 Å². The molecule has 25 heavy (non-hydrogen) atoms. The fourth-order valence-corrected chi connectivity index (χ4v) is 8.50. The minimum absolute atomic E-state index is 0.515. The second kappa shape index (κ2) is 7.17. The molecule has 0 spiro atoms. The van der Waals surface area contributed by atoms with Gasteiger partial charge in [0.05, 0.1) is 15.7 Å². The third-order valence-electron chi connectivity index (χ3n) is 3.99. The van der Waals surface area contributed by atoms with E-state index in [9.17, 15) is 4.57 Å². The Kier molecular flexibility index (Phi) is 4.76. The molecular formula is C20H16NOPS2. The maximum atomic E-state index is 14.0. The van der Waals surface area contributed by atoms with E-state index in [1.807, 2.05) is 78.9 Å². The molecule has 0 bridgehead atoms. The van der Waals surface area contributed by atoms with Gasteiger partial charge in [0.15, 0.2) is 11.5 Å². The fraction of sp³-hybridized carbons (Fsp3) is 0.0500. The maximum absolute atomic E-state index is 14.0. The molecule has 0 amide bonds. The minimum Gasteiger partial charge on any atom is -0.313 e. The summed E-state index contributed by atoms with van der Waals surface area (Å²) in [5, 5.41) is 1.80. The molecule has 0 saturated carbocycles. The zero-order valence-corrected chi connectivity index (χ0v) is 15.9. The molecule has 4 aromatic rings. The van der Waals surface area contributed by atoms with Crippen molar-refractivity contribution < 1.29 is 4.57 Å². The van der Waals surface area contributed by atoms with E-state index in [1.54, 1.807) is 23.1 Å². The molecule has 0 atom stereocenters. The summed E-state index contributed by atoms with van der Waals surface area (Å²) in [6, 6.07) is 27.7. The number of hydrogen-bond donors (Lipinski definition) is 0. The van der Waals surface area contributed by atoms with E-state index in [4.69, 9.17) is 0 Å². The van der Waals surface area contributed by atoms with Crippen LogP contribution in [0.3, 0.4) is 0 Å². The number of benzene rings is 3. The molecule has 2 nitrogen and oxygen atoms in total. The molecule has 3 aromatic carbocycles. The monoisotopic (exact) mass is 381 g/mol. The molecular weight excluding hydrogens is 365 g/mol. The SMILES string of the molecule is O=P(CSc1nc2ccccc2s1)(c1ccccc1)c1ccccc1. The van der Waals surface area contributed by atoms with Crippen molar-refractivity contribution in [3.63, 3.8) is 0 Å². The van der Waals surface area contributed by atoms with Gasteiger partial charge in [-0.15, -0.1) is 11.3 Å². The van der Waals surface area contributed by atoms with Gasteiger partial charge in [0.25, 0.3) is 0 Å². The zero-order valence-electron chi connectivity index (χ0n) is 13.4. The Hall–Kier alpha value is -1.87. The Morgan fingerprint density at radius 2 is 1.36 bits per heavy atom. The van der Waals surface area contributed by atoms with Crippen LogP contribution in [0.1, 0.15) is 0 Å². The van der Waals surface area contributed by atoms with Gasteiger partial charge in [-0.2, -0.15) is 0 Å². The lowest BCUT2D eigenvalue weighted by molar-refractivity contribution is 0.590. The Labute approximate surface area is 155 Å². The smallest absolute Gasteiger partial charge is 0.153 e. The third-order valence-corrected chi connectivity index (χ3v) is 10.00. The molecule has 4 rings (SSSR count). The van der Waals surface area contributed by atoms with Gasteiger partial charge in [0.2, 0.25) is 0 Å². The molecule has 0 saturated heterocycles. The number of rotatable bonds is 5. The summed E-state index contributed by atoms with van der Waals surface area (Å²) in [5.41, 5.74) is 1.52. The third kappa shape index (κ3) is 3.43. The summed E-state index contributed by atoms with van der Waals surface area (Å²) in [7, 11) is -2.70. The van der Waals surface area contributed by atoms with Gasteiger partial charge >= 0.3 is 0 Å². The number of thioether (sulfide) groups is 1. The summed E-state index contributed by atoms with van der Waals surface area (Å²) in [5.74, 6) is 0. The van der Waals surface area contributed by atoms with Crippen LogP contribution in [0.15, 0.2) is 89.3 Å². The average Bonchev–Trinajstić information content (AvgIpc) is 3.10. The van der Waals surface area contributed by atoms with Crippen LogP contribution >= 0.6 is 30.2 Å². The van der Waals surface area contributed by atoms with Gasteiger partial charge in [-0.25, -0.2) is 4.98 Å². The minimum atomic E-state index is -2.70. The molecule has 124 valence electrons. The van der Waals surface area contributed by atoms with Crippen molar-refractivity contribution in [2.45, 2.75) is 4.34 Å². The van der Waals surface area contributed by atoms with Crippen LogP contribution in [0, 0.1) is 0 Å². The van der Waals surface area contributed by atoms with E-state index >= 15 is 0 Å². The predicted octanol–water partition coefficient (Wildman–Crippen LogP) is 5.36. The molecule has 5 heteroatoms. The molecule has 0 unspecified atom stereocenters. The van der Waals surface area contributed by atoms with Gasteiger partial charge in [0, 0.05) is 10.6 Å². The highest BCUT2D eigenvalue weighted by Crippen LogP contribution is 2.48. The lowest BCUT2D eigenvalue weighted by Crippen LogP contribution is -2.17. The highest BCUT2D eigenvalue weighted by atomic mass is 32.2. The number of hydrogen-bond acceptors (Lipinski definition) is 4. The quantitative estimate of drug-likeness (QED) is 0.344. The number of aromatic nitrogens is 1. The summed E-state index contributed by atoms with van der Waals surface area (Å²) in [6.07, 6.45) is 0. The zero-order chi connectivity index (χ0) is 17.1. The van der Waals surface area contributed by atoms with Crippen molar-refractivity contribution in [3.8, 4) is 0 Å². The Morgan fingerprint density at radius 3 is 1.96 bits per heavy atom. The van der Waals surface area contributed by atoms with Gasteiger partial charge < -0.3 is 4.57 Å². The summed E-state index contributed by atoms with van der Waals surface area (Å²) >= 11 is 3.25. The van der Waals surface area contributed by atoms with E-state index < -0.39 is 7.14 Å². The molecule has 0 aliphatic rings. The van der Waals surface area contributed by atoms with E-state index in [0.29, 0.717) is 5.49 Å². The number of para-hydroxylation sites is 1. The van der Waals surface area contributed by atoms with Gasteiger partial charge in [0.1, 0.15) is 0 Å². The number of fused-ring (bicyclic) bond motifs is 1. The summed E-state index contributed by atoms with van der Waals surface area (Å²) in [6.45, 7) is 0. The van der Waals surface area contributed by atoms with Crippen molar-refractivity contribution in [2.75, 3.05) is 5.49 Å². The first-order valence-electron chi connectivity index (χ1n) is 7.94. The van der Waals surface area contributed by atoms with Crippen molar-refractivity contribution >= 4 is 51.1 Å². The first-order valence-corrected chi connectivity index (χ1v) is 11.6. The molecule has 0 aliphatic carbocycles. The molecule has 1 aromatic heterocycles. The highest BCUT2D eigenvalue weighted by Gasteiger charge is 2.27. The molecule has 0 fully saturated rings. The Bertz CT molecular complexity index is 955. The molecule has 0 radical (unpaired) electrons. The first-order chi connectivity index (χ1) is 12.3. The summed E-state index contributed by atoms with van der Waals surface area (Å²) < 4.78 is 16.1. The van der Waals surface area contributed by atoms with E-state index in [1.165, 1.54) is 4.70 Å². The van der Waals surface area contributed by atoms with Crippen molar-refractivity contribution in [1.29, 1.82) is 0 Å². The van der Waals surface area contributed by atoms with Crippen molar-refractivity contribution in [1.82, 2.24) is 4.98 Å². The van der Waals surface area contributed by atoms with Crippen LogP contribution in [-0.4, -0.2) is 10.5 Å². The Balaban J connectivity index is 1.68. The Morgan fingerprint density at radius 1 is 0.800 bits per heavy atom. The van der Waals surface area contributed by atoms with Crippen LogP contribution in [0.4, 0.5) is 0 Å².